The standard InChI is InChI=1S/C12H15N3O3S2/c1-6(2)15-11(18)13-14-12(15)19-5-8-4-9(10(16)17)20-7(8)3/h4,6H,5H2,1-3H3,(H,13,18)(H,16,17). The van der Waals surface area contributed by atoms with Crippen molar-refractivity contribution in [2.45, 2.75) is 37.7 Å². The number of carbonyl (C=O) groups is 1. The molecule has 2 N–H and O–H groups in total. The number of hydrogen-bond acceptors (Lipinski definition) is 5. The minimum Gasteiger partial charge on any atom is -0.477 e. The maximum absolute atomic E-state index is 11.6. The van der Waals surface area contributed by atoms with Crippen molar-refractivity contribution in [3.8, 4) is 0 Å². The second-order valence-corrected chi connectivity index (χ2v) is 6.76. The summed E-state index contributed by atoms with van der Waals surface area (Å²) in [6.45, 7) is 5.73. The number of carboxylic acid groups (broad SMARTS) is 1. The van der Waals surface area contributed by atoms with Crippen molar-refractivity contribution in [2.75, 3.05) is 0 Å². The molecule has 0 aromatic carbocycles. The fourth-order valence-electron chi connectivity index (χ4n) is 1.76. The third-order valence-electron chi connectivity index (χ3n) is 2.78. The van der Waals surface area contributed by atoms with E-state index >= 15 is 0 Å². The highest BCUT2D eigenvalue weighted by Gasteiger charge is 2.15. The molecule has 2 heterocycles. The van der Waals surface area contributed by atoms with E-state index in [0.29, 0.717) is 15.8 Å². The summed E-state index contributed by atoms with van der Waals surface area (Å²) >= 11 is 2.69. The number of aromatic nitrogens is 3. The van der Waals surface area contributed by atoms with Crippen LogP contribution >= 0.6 is 23.1 Å². The van der Waals surface area contributed by atoms with Crippen LogP contribution in [0.4, 0.5) is 0 Å². The van der Waals surface area contributed by atoms with Gasteiger partial charge in [-0.3, -0.25) is 4.57 Å². The van der Waals surface area contributed by atoms with Crippen LogP contribution in [0.15, 0.2) is 16.0 Å². The molecule has 0 spiro atoms. The van der Waals surface area contributed by atoms with Crippen LogP contribution in [0.3, 0.4) is 0 Å². The molecule has 0 bridgehead atoms. The highest BCUT2D eigenvalue weighted by molar-refractivity contribution is 7.98. The van der Waals surface area contributed by atoms with Gasteiger partial charge in [0, 0.05) is 16.7 Å². The van der Waals surface area contributed by atoms with Crippen LogP contribution in [0.2, 0.25) is 0 Å². The molecule has 8 heteroatoms. The summed E-state index contributed by atoms with van der Waals surface area (Å²) in [5.41, 5.74) is 0.735. The molecule has 0 radical (unpaired) electrons. The fourth-order valence-corrected chi connectivity index (χ4v) is 3.86. The maximum atomic E-state index is 11.6. The molecule has 0 fully saturated rings. The molecule has 20 heavy (non-hydrogen) atoms. The van der Waals surface area contributed by atoms with Gasteiger partial charge in [-0.25, -0.2) is 14.7 Å². The Morgan fingerprint density at radius 1 is 1.60 bits per heavy atom. The number of aromatic carboxylic acids is 1. The van der Waals surface area contributed by atoms with Crippen LogP contribution in [-0.2, 0) is 5.75 Å². The lowest BCUT2D eigenvalue weighted by Crippen LogP contribution is -2.19. The summed E-state index contributed by atoms with van der Waals surface area (Å²) < 4.78 is 1.59. The Hall–Kier alpha value is -1.54. The number of rotatable bonds is 5. The summed E-state index contributed by atoms with van der Waals surface area (Å²) in [7, 11) is 0. The van der Waals surface area contributed by atoms with Gasteiger partial charge in [-0.1, -0.05) is 11.8 Å². The first-order valence-corrected chi connectivity index (χ1v) is 7.82. The van der Waals surface area contributed by atoms with Crippen LogP contribution in [0.25, 0.3) is 0 Å². The van der Waals surface area contributed by atoms with Crippen molar-refractivity contribution in [3.05, 3.63) is 31.9 Å². The third-order valence-corrected chi connectivity index (χ3v) is 4.86. The van der Waals surface area contributed by atoms with E-state index in [1.807, 2.05) is 20.8 Å². The molecule has 0 aliphatic rings. The van der Waals surface area contributed by atoms with E-state index in [-0.39, 0.29) is 11.7 Å². The molecule has 0 atom stereocenters. The molecule has 0 aliphatic carbocycles. The number of thioether (sulfide) groups is 1. The van der Waals surface area contributed by atoms with Gasteiger partial charge in [-0.15, -0.1) is 16.4 Å². The summed E-state index contributed by atoms with van der Waals surface area (Å²) in [6, 6.07) is 1.71. The molecule has 0 unspecified atom stereocenters. The fraction of sp³-hybridized carbons (Fsp3) is 0.417. The summed E-state index contributed by atoms with van der Waals surface area (Å²) in [6.07, 6.45) is 0. The Kier molecular flexibility index (Phi) is 4.34. The van der Waals surface area contributed by atoms with E-state index in [1.165, 1.54) is 23.1 Å². The van der Waals surface area contributed by atoms with Crippen LogP contribution < -0.4 is 5.69 Å². The van der Waals surface area contributed by atoms with E-state index in [0.717, 1.165) is 10.4 Å². The first-order valence-electron chi connectivity index (χ1n) is 6.02. The molecule has 0 aliphatic heterocycles. The van der Waals surface area contributed by atoms with E-state index in [4.69, 9.17) is 5.11 Å². The molecule has 2 rings (SSSR count). The lowest BCUT2D eigenvalue weighted by molar-refractivity contribution is 0.0702. The minimum atomic E-state index is -0.909. The average molecular weight is 313 g/mol. The Morgan fingerprint density at radius 2 is 2.30 bits per heavy atom. The van der Waals surface area contributed by atoms with Crippen molar-refractivity contribution in [3.63, 3.8) is 0 Å². The molecule has 0 saturated heterocycles. The average Bonchev–Trinajstić information content (AvgIpc) is 2.90. The number of H-pyrrole nitrogens is 1. The maximum Gasteiger partial charge on any atom is 0.345 e. The summed E-state index contributed by atoms with van der Waals surface area (Å²) in [5.74, 6) is -0.319. The Balaban J connectivity index is 2.17. The molecular formula is C12H15N3O3S2. The van der Waals surface area contributed by atoms with Crippen LogP contribution in [0.1, 0.15) is 40.0 Å². The van der Waals surface area contributed by atoms with Crippen molar-refractivity contribution < 1.29 is 9.90 Å². The zero-order valence-corrected chi connectivity index (χ0v) is 13.0. The number of thiophene rings is 1. The van der Waals surface area contributed by atoms with Gasteiger partial charge < -0.3 is 5.11 Å². The van der Waals surface area contributed by atoms with Crippen molar-refractivity contribution >= 4 is 29.1 Å². The highest BCUT2D eigenvalue weighted by Crippen LogP contribution is 2.28. The minimum absolute atomic E-state index is 0.0295. The van der Waals surface area contributed by atoms with Gasteiger partial charge in [0.05, 0.1) is 0 Å². The number of hydrogen-bond donors (Lipinski definition) is 2. The van der Waals surface area contributed by atoms with Gasteiger partial charge in [0.1, 0.15) is 4.88 Å². The second kappa shape index (κ2) is 5.84. The highest BCUT2D eigenvalue weighted by atomic mass is 32.2. The first kappa shape index (κ1) is 14.9. The van der Waals surface area contributed by atoms with Gasteiger partial charge in [0.2, 0.25) is 0 Å². The molecule has 2 aromatic heterocycles. The molecule has 108 valence electrons. The van der Waals surface area contributed by atoms with E-state index in [1.54, 1.807) is 10.6 Å². The van der Waals surface area contributed by atoms with Gasteiger partial charge in [-0.2, -0.15) is 0 Å². The zero-order chi connectivity index (χ0) is 14.9. The van der Waals surface area contributed by atoms with E-state index in [2.05, 4.69) is 10.2 Å². The number of nitrogens with zero attached hydrogens (tertiary/aromatic N) is 2. The summed E-state index contributed by atoms with van der Waals surface area (Å²) in [4.78, 5) is 23.8. The second-order valence-electron chi connectivity index (χ2n) is 4.56. The molecule has 2 aromatic rings. The van der Waals surface area contributed by atoms with E-state index in [9.17, 15) is 9.59 Å². The van der Waals surface area contributed by atoms with Crippen LogP contribution in [-0.4, -0.2) is 25.8 Å². The Morgan fingerprint density at radius 3 is 2.85 bits per heavy atom. The lowest BCUT2D eigenvalue weighted by atomic mass is 10.3. The van der Waals surface area contributed by atoms with Crippen molar-refractivity contribution in [1.82, 2.24) is 14.8 Å². The summed E-state index contributed by atoms with van der Waals surface area (Å²) in [5, 5.41) is 16.0. The number of nitrogens with one attached hydrogen (secondary N) is 1. The molecular weight excluding hydrogens is 298 g/mol. The van der Waals surface area contributed by atoms with Crippen molar-refractivity contribution in [2.24, 2.45) is 0 Å². The Bertz CT molecular complexity index is 684. The molecule has 6 nitrogen and oxygen atoms in total. The third kappa shape index (κ3) is 2.96. The van der Waals surface area contributed by atoms with Gasteiger partial charge in [0.15, 0.2) is 5.16 Å². The topological polar surface area (TPSA) is 88.0 Å². The van der Waals surface area contributed by atoms with Gasteiger partial charge >= 0.3 is 11.7 Å². The lowest BCUT2D eigenvalue weighted by Gasteiger charge is -2.08. The van der Waals surface area contributed by atoms with Crippen LogP contribution in [0.5, 0.6) is 0 Å². The normalized spacial score (nSPS) is 11.2. The quantitative estimate of drug-likeness (QED) is 0.828. The Labute approximate surface area is 123 Å². The zero-order valence-electron chi connectivity index (χ0n) is 11.3. The van der Waals surface area contributed by atoms with Gasteiger partial charge in [-0.05, 0) is 32.4 Å². The number of carboxylic acids is 1. The number of aromatic amines is 1. The van der Waals surface area contributed by atoms with Crippen molar-refractivity contribution in [1.29, 1.82) is 0 Å². The smallest absolute Gasteiger partial charge is 0.345 e. The predicted octanol–water partition coefficient (Wildman–Crippen LogP) is 2.51. The largest absolute Gasteiger partial charge is 0.477 e. The monoisotopic (exact) mass is 313 g/mol. The molecule has 0 amide bonds. The first-order chi connectivity index (χ1) is 9.40. The predicted molar refractivity (Wildman–Crippen MR) is 78.8 cm³/mol. The molecule has 0 saturated carbocycles. The van der Waals surface area contributed by atoms with Crippen LogP contribution in [0, 0.1) is 6.92 Å². The van der Waals surface area contributed by atoms with Gasteiger partial charge in [0.25, 0.3) is 0 Å². The SMILES string of the molecule is Cc1sc(C(=O)O)cc1CSc1n[nH]c(=O)n1C(C)C. The van der Waals surface area contributed by atoms with E-state index < -0.39 is 5.97 Å². The number of aryl methyl sites for hydroxylation is 1.